The normalized spacial score (nSPS) is 10.0. The quantitative estimate of drug-likeness (QED) is 0.627. The van der Waals surface area contributed by atoms with E-state index in [-0.39, 0.29) is 0 Å². The van der Waals surface area contributed by atoms with Crippen LogP contribution < -0.4 is 0 Å². The highest BCUT2D eigenvalue weighted by atomic mass is 79.9. The van der Waals surface area contributed by atoms with Gasteiger partial charge in [0.05, 0.1) is 0 Å². The van der Waals surface area contributed by atoms with Crippen LogP contribution in [0.25, 0.3) is 0 Å². The smallest absolute Gasteiger partial charge is 0.0420 e. The van der Waals surface area contributed by atoms with Gasteiger partial charge in [-0.15, -0.1) is 0 Å². The van der Waals surface area contributed by atoms with Crippen molar-refractivity contribution >= 4 is 43.5 Å². The van der Waals surface area contributed by atoms with Gasteiger partial charge < -0.3 is 0 Å². The zero-order valence-corrected chi connectivity index (χ0v) is 9.22. The SMILES string of the molecule is Cc1cc(Cl)cc(Br)c1Br. The van der Waals surface area contributed by atoms with Crippen LogP contribution in [0.1, 0.15) is 5.56 Å². The number of hydrogen-bond acceptors (Lipinski definition) is 0. The molecular formula is C7H5Br2Cl. The van der Waals surface area contributed by atoms with Gasteiger partial charge >= 0.3 is 0 Å². The number of halogens is 3. The second-order valence-corrected chi connectivity index (χ2v) is 4.10. The van der Waals surface area contributed by atoms with Gasteiger partial charge in [0.2, 0.25) is 0 Å². The molecule has 0 saturated carbocycles. The van der Waals surface area contributed by atoms with E-state index in [4.69, 9.17) is 11.6 Å². The van der Waals surface area contributed by atoms with E-state index in [1.165, 1.54) is 0 Å². The molecule has 0 spiro atoms. The Hall–Kier alpha value is 0.470. The monoisotopic (exact) mass is 282 g/mol. The number of rotatable bonds is 0. The number of benzene rings is 1. The molecule has 0 radical (unpaired) electrons. The third-order valence-corrected chi connectivity index (χ3v) is 3.60. The van der Waals surface area contributed by atoms with Crippen LogP contribution in [-0.4, -0.2) is 0 Å². The van der Waals surface area contributed by atoms with Crippen molar-refractivity contribution in [2.45, 2.75) is 6.92 Å². The first kappa shape index (κ1) is 8.57. The van der Waals surface area contributed by atoms with Crippen molar-refractivity contribution in [3.63, 3.8) is 0 Å². The van der Waals surface area contributed by atoms with Gasteiger partial charge in [-0.1, -0.05) is 11.6 Å². The minimum absolute atomic E-state index is 0.757. The largest absolute Gasteiger partial charge is 0.0843 e. The minimum Gasteiger partial charge on any atom is -0.0843 e. The molecular weight excluding hydrogens is 279 g/mol. The molecule has 0 saturated heterocycles. The molecule has 1 aromatic carbocycles. The molecule has 54 valence electrons. The van der Waals surface area contributed by atoms with Gasteiger partial charge in [0.1, 0.15) is 0 Å². The summed E-state index contributed by atoms with van der Waals surface area (Å²) in [5, 5.41) is 0.757. The molecule has 0 aromatic heterocycles. The Morgan fingerprint density at radius 2 is 1.90 bits per heavy atom. The van der Waals surface area contributed by atoms with Crippen LogP contribution in [0.4, 0.5) is 0 Å². The summed E-state index contributed by atoms with van der Waals surface area (Å²) in [6, 6.07) is 3.77. The minimum atomic E-state index is 0.757. The first-order valence-corrected chi connectivity index (χ1v) is 4.69. The highest BCUT2D eigenvalue weighted by molar-refractivity contribution is 9.13. The first-order chi connectivity index (χ1) is 4.61. The third kappa shape index (κ3) is 1.74. The second-order valence-electron chi connectivity index (χ2n) is 2.02. The Bertz CT molecular complexity index is 235. The topological polar surface area (TPSA) is 0 Å². The molecule has 0 aliphatic rings. The average molecular weight is 284 g/mol. The summed E-state index contributed by atoms with van der Waals surface area (Å²) < 4.78 is 2.06. The predicted octanol–water partition coefficient (Wildman–Crippen LogP) is 4.17. The fraction of sp³-hybridized carbons (Fsp3) is 0.143. The first-order valence-electron chi connectivity index (χ1n) is 2.72. The summed E-state index contributed by atoms with van der Waals surface area (Å²) in [7, 11) is 0. The number of aryl methyl sites for hydroxylation is 1. The Labute approximate surface area is 81.8 Å². The molecule has 0 fully saturated rings. The molecule has 0 heterocycles. The van der Waals surface area contributed by atoms with E-state index in [2.05, 4.69) is 31.9 Å². The predicted molar refractivity (Wildman–Crippen MR) is 51.6 cm³/mol. The van der Waals surface area contributed by atoms with Crippen molar-refractivity contribution in [3.05, 3.63) is 31.7 Å². The van der Waals surface area contributed by atoms with Gasteiger partial charge in [-0.05, 0) is 56.5 Å². The van der Waals surface area contributed by atoms with Gasteiger partial charge in [0.25, 0.3) is 0 Å². The zero-order chi connectivity index (χ0) is 7.72. The van der Waals surface area contributed by atoms with Crippen molar-refractivity contribution < 1.29 is 0 Å². The lowest BCUT2D eigenvalue weighted by Gasteiger charge is -2.00. The third-order valence-electron chi connectivity index (χ3n) is 1.17. The Morgan fingerprint density at radius 3 is 2.40 bits per heavy atom. The van der Waals surface area contributed by atoms with Crippen LogP contribution in [0.3, 0.4) is 0 Å². The molecule has 0 unspecified atom stereocenters. The summed E-state index contributed by atoms with van der Waals surface area (Å²) in [6.07, 6.45) is 0. The van der Waals surface area contributed by atoms with Crippen molar-refractivity contribution in [3.8, 4) is 0 Å². The van der Waals surface area contributed by atoms with Crippen molar-refractivity contribution in [2.75, 3.05) is 0 Å². The Balaban J connectivity index is 3.31. The maximum absolute atomic E-state index is 5.77. The van der Waals surface area contributed by atoms with Gasteiger partial charge in [0.15, 0.2) is 0 Å². The Morgan fingerprint density at radius 1 is 1.30 bits per heavy atom. The number of hydrogen-bond donors (Lipinski definition) is 0. The average Bonchev–Trinajstić information content (AvgIpc) is 1.82. The maximum atomic E-state index is 5.77. The van der Waals surface area contributed by atoms with Crippen LogP contribution in [0.2, 0.25) is 5.02 Å². The maximum Gasteiger partial charge on any atom is 0.0420 e. The summed E-state index contributed by atoms with van der Waals surface area (Å²) in [5.41, 5.74) is 1.14. The van der Waals surface area contributed by atoms with Crippen LogP contribution in [0, 0.1) is 6.92 Å². The molecule has 0 atom stereocenters. The van der Waals surface area contributed by atoms with Crippen LogP contribution in [0.5, 0.6) is 0 Å². The fourth-order valence-electron chi connectivity index (χ4n) is 0.685. The molecule has 0 aliphatic heterocycles. The van der Waals surface area contributed by atoms with Crippen LogP contribution in [0.15, 0.2) is 21.1 Å². The van der Waals surface area contributed by atoms with Crippen molar-refractivity contribution in [1.29, 1.82) is 0 Å². The highest BCUT2D eigenvalue weighted by Gasteiger charge is 2.00. The molecule has 0 nitrogen and oxygen atoms in total. The molecule has 10 heavy (non-hydrogen) atoms. The summed E-state index contributed by atoms with van der Waals surface area (Å²) in [4.78, 5) is 0. The van der Waals surface area contributed by atoms with E-state index in [0.29, 0.717) is 0 Å². The lowest BCUT2D eigenvalue weighted by molar-refractivity contribution is 1.41. The van der Waals surface area contributed by atoms with E-state index in [1.807, 2.05) is 19.1 Å². The molecule has 1 aromatic rings. The van der Waals surface area contributed by atoms with Crippen LogP contribution >= 0.6 is 43.5 Å². The molecule has 0 aliphatic carbocycles. The van der Waals surface area contributed by atoms with Gasteiger partial charge in [0, 0.05) is 14.0 Å². The van der Waals surface area contributed by atoms with E-state index >= 15 is 0 Å². The van der Waals surface area contributed by atoms with E-state index in [1.54, 1.807) is 0 Å². The summed E-state index contributed by atoms with van der Waals surface area (Å²) in [5.74, 6) is 0. The molecule has 0 bridgehead atoms. The lowest BCUT2D eigenvalue weighted by atomic mass is 10.2. The summed E-state index contributed by atoms with van der Waals surface area (Å²) in [6.45, 7) is 2.00. The molecule has 1 rings (SSSR count). The highest BCUT2D eigenvalue weighted by Crippen LogP contribution is 2.29. The van der Waals surface area contributed by atoms with Gasteiger partial charge in [-0.2, -0.15) is 0 Å². The fourth-order valence-corrected chi connectivity index (χ4v) is 1.88. The molecule has 0 amide bonds. The van der Waals surface area contributed by atoms with Crippen molar-refractivity contribution in [1.82, 2.24) is 0 Å². The molecule has 3 heteroatoms. The van der Waals surface area contributed by atoms with Gasteiger partial charge in [-0.25, -0.2) is 0 Å². The zero-order valence-electron chi connectivity index (χ0n) is 5.29. The van der Waals surface area contributed by atoms with Crippen molar-refractivity contribution in [2.24, 2.45) is 0 Å². The van der Waals surface area contributed by atoms with Gasteiger partial charge in [-0.3, -0.25) is 0 Å². The van der Waals surface area contributed by atoms with Crippen LogP contribution in [-0.2, 0) is 0 Å². The summed E-state index contributed by atoms with van der Waals surface area (Å²) >= 11 is 12.5. The Kier molecular flexibility index (Phi) is 2.78. The van der Waals surface area contributed by atoms with E-state index < -0.39 is 0 Å². The second kappa shape index (κ2) is 3.24. The standard InChI is InChI=1S/C7H5Br2Cl/c1-4-2-5(10)3-6(8)7(4)9/h2-3H,1H3. The van der Waals surface area contributed by atoms with E-state index in [0.717, 1.165) is 19.5 Å². The molecule has 0 N–H and O–H groups in total. The lowest BCUT2D eigenvalue weighted by Crippen LogP contribution is -1.76. The van der Waals surface area contributed by atoms with E-state index in [9.17, 15) is 0 Å².